The first-order chi connectivity index (χ1) is 9.33. The van der Waals surface area contributed by atoms with Crippen LogP contribution in [-0.2, 0) is 0 Å². The van der Waals surface area contributed by atoms with Crippen molar-refractivity contribution in [2.45, 2.75) is 18.8 Å². The first kappa shape index (κ1) is 10.9. The van der Waals surface area contributed by atoms with Crippen molar-refractivity contribution >= 4 is 27.4 Å². The van der Waals surface area contributed by atoms with E-state index < -0.39 is 0 Å². The van der Waals surface area contributed by atoms with Gasteiger partial charge in [-0.25, -0.2) is 9.97 Å². The molecule has 2 aromatic heterocycles. The van der Waals surface area contributed by atoms with Crippen LogP contribution in [0.1, 0.15) is 24.6 Å². The van der Waals surface area contributed by atoms with Crippen molar-refractivity contribution in [3.05, 3.63) is 41.5 Å². The van der Waals surface area contributed by atoms with Crippen LogP contribution in [-0.4, -0.2) is 9.97 Å². The molecule has 0 unspecified atom stereocenters. The second-order valence-corrected chi connectivity index (χ2v) is 5.79. The zero-order valence-electron chi connectivity index (χ0n) is 10.3. The molecule has 1 aromatic carbocycles. The summed E-state index contributed by atoms with van der Waals surface area (Å²) in [4.78, 5) is 10.2. The standard InChI is InChI=1S/C15H13N3S/c16-13-12-11(9-4-2-1-3-5-9)8-19-15(12)18-14(17-13)10-6-7-10/h1-5,8,10H,6-7H2,(H2,16,17,18). The van der Waals surface area contributed by atoms with E-state index in [1.54, 1.807) is 11.3 Å². The van der Waals surface area contributed by atoms with E-state index in [1.165, 1.54) is 18.4 Å². The molecule has 2 N–H and O–H groups in total. The van der Waals surface area contributed by atoms with Gasteiger partial charge in [-0.3, -0.25) is 0 Å². The number of aromatic nitrogens is 2. The Morgan fingerprint density at radius 2 is 1.89 bits per heavy atom. The maximum Gasteiger partial charge on any atom is 0.136 e. The van der Waals surface area contributed by atoms with Crippen LogP contribution >= 0.6 is 11.3 Å². The van der Waals surface area contributed by atoms with Crippen molar-refractivity contribution in [1.82, 2.24) is 9.97 Å². The van der Waals surface area contributed by atoms with Gasteiger partial charge in [-0.15, -0.1) is 11.3 Å². The van der Waals surface area contributed by atoms with Crippen molar-refractivity contribution in [2.24, 2.45) is 0 Å². The lowest BCUT2D eigenvalue weighted by Gasteiger charge is -2.03. The lowest BCUT2D eigenvalue weighted by molar-refractivity contribution is 0.956. The Hall–Kier alpha value is -1.94. The number of hydrogen-bond donors (Lipinski definition) is 1. The molecular formula is C15H13N3S. The van der Waals surface area contributed by atoms with E-state index >= 15 is 0 Å². The van der Waals surface area contributed by atoms with E-state index in [2.05, 4.69) is 27.5 Å². The van der Waals surface area contributed by atoms with E-state index in [1.807, 2.05) is 18.2 Å². The van der Waals surface area contributed by atoms with Gasteiger partial charge in [0.05, 0.1) is 5.39 Å². The second kappa shape index (κ2) is 4.03. The number of nitrogens with zero attached hydrogens (tertiary/aromatic N) is 2. The van der Waals surface area contributed by atoms with Crippen LogP contribution < -0.4 is 5.73 Å². The first-order valence-corrected chi connectivity index (χ1v) is 7.31. The molecule has 2 heterocycles. The van der Waals surface area contributed by atoms with Gasteiger partial charge in [-0.1, -0.05) is 30.3 Å². The van der Waals surface area contributed by atoms with Gasteiger partial charge in [0, 0.05) is 16.9 Å². The highest BCUT2D eigenvalue weighted by atomic mass is 32.1. The molecule has 0 spiro atoms. The largest absolute Gasteiger partial charge is 0.383 e. The van der Waals surface area contributed by atoms with Crippen molar-refractivity contribution in [3.63, 3.8) is 0 Å². The number of fused-ring (bicyclic) bond motifs is 1. The highest BCUT2D eigenvalue weighted by Gasteiger charge is 2.28. The molecule has 0 aliphatic heterocycles. The van der Waals surface area contributed by atoms with Crippen LogP contribution in [0.2, 0.25) is 0 Å². The van der Waals surface area contributed by atoms with Crippen LogP contribution in [0, 0.1) is 0 Å². The Morgan fingerprint density at radius 1 is 1.11 bits per heavy atom. The van der Waals surface area contributed by atoms with Crippen LogP contribution in [0.15, 0.2) is 35.7 Å². The predicted octanol–water partition coefficient (Wildman–Crippen LogP) is 3.82. The maximum atomic E-state index is 6.16. The summed E-state index contributed by atoms with van der Waals surface area (Å²) in [5.41, 5.74) is 8.47. The zero-order chi connectivity index (χ0) is 12.8. The van der Waals surface area contributed by atoms with Gasteiger partial charge < -0.3 is 5.73 Å². The summed E-state index contributed by atoms with van der Waals surface area (Å²) >= 11 is 1.65. The smallest absolute Gasteiger partial charge is 0.136 e. The minimum atomic E-state index is 0.536. The molecule has 4 rings (SSSR count). The molecule has 3 aromatic rings. The molecule has 0 bridgehead atoms. The third-order valence-electron chi connectivity index (χ3n) is 3.51. The summed E-state index contributed by atoms with van der Waals surface area (Å²) in [6.07, 6.45) is 2.39. The van der Waals surface area contributed by atoms with E-state index in [-0.39, 0.29) is 0 Å². The van der Waals surface area contributed by atoms with E-state index in [0.29, 0.717) is 11.7 Å². The van der Waals surface area contributed by atoms with Gasteiger partial charge in [0.2, 0.25) is 0 Å². The van der Waals surface area contributed by atoms with Gasteiger partial charge in [-0.2, -0.15) is 0 Å². The monoisotopic (exact) mass is 267 g/mol. The SMILES string of the molecule is Nc1nc(C2CC2)nc2scc(-c3ccccc3)c12. The minimum Gasteiger partial charge on any atom is -0.383 e. The normalized spacial score (nSPS) is 14.9. The molecule has 19 heavy (non-hydrogen) atoms. The zero-order valence-corrected chi connectivity index (χ0v) is 11.2. The van der Waals surface area contributed by atoms with Gasteiger partial charge in [-0.05, 0) is 18.4 Å². The number of nitrogens with two attached hydrogens (primary N) is 1. The Kier molecular flexibility index (Phi) is 2.32. The summed E-state index contributed by atoms with van der Waals surface area (Å²) in [7, 11) is 0. The average Bonchev–Trinajstić information content (AvgIpc) is 3.20. The Balaban J connectivity index is 1.94. The topological polar surface area (TPSA) is 51.8 Å². The third kappa shape index (κ3) is 1.79. The first-order valence-electron chi connectivity index (χ1n) is 6.43. The molecular weight excluding hydrogens is 254 g/mol. The molecule has 0 saturated heterocycles. The molecule has 1 fully saturated rings. The summed E-state index contributed by atoms with van der Waals surface area (Å²) in [6.45, 7) is 0. The highest BCUT2D eigenvalue weighted by Crippen LogP contribution is 2.41. The highest BCUT2D eigenvalue weighted by molar-refractivity contribution is 7.17. The van der Waals surface area contributed by atoms with Crippen molar-refractivity contribution < 1.29 is 0 Å². The van der Waals surface area contributed by atoms with E-state index in [9.17, 15) is 0 Å². The summed E-state index contributed by atoms with van der Waals surface area (Å²) in [6, 6.07) is 10.3. The summed E-state index contributed by atoms with van der Waals surface area (Å²) < 4.78 is 0. The Morgan fingerprint density at radius 3 is 2.63 bits per heavy atom. The lowest BCUT2D eigenvalue weighted by atomic mass is 10.1. The fourth-order valence-electron chi connectivity index (χ4n) is 2.34. The van der Waals surface area contributed by atoms with Gasteiger partial charge in [0.25, 0.3) is 0 Å². The van der Waals surface area contributed by atoms with Crippen molar-refractivity contribution in [3.8, 4) is 11.1 Å². The molecule has 94 valence electrons. The Labute approximate surface area is 115 Å². The quantitative estimate of drug-likeness (QED) is 0.768. The molecule has 0 radical (unpaired) electrons. The fourth-order valence-corrected chi connectivity index (χ4v) is 3.30. The number of benzene rings is 1. The number of anilines is 1. The molecule has 0 atom stereocenters. The predicted molar refractivity (Wildman–Crippen MR) is 79.2 cm³/mol. The second-order valence-electron chi connectivity index (χ2n) is 4.94. The summed E-state index contributed by atoms with van der Waals surface area (Å²) in [5, 5.41) is 3.13. The van der Waals surface area contributed by atoms with E-state index in [0.717, 1.165) is 21.6 Å². The number of hydrogen-bond acceptors (Lipinski definition) is 4. The molecule has 1 aliphatic carbocycles. The molecule has 1 aliphatic rings. The average molecular weight is 267 g/mol. The third-order valence-corrected chi connectivity index (χ3v) is 4.38. The molecule has 3 nitrogen and oxygen atoms in total. The molecule has 4 heteroatoms. The van der Waals surface area contributed by atoms with Gasteiger partial charge in [0.15, 0.2) is 0 Å². The van der Waals surface area contributed by atoms with Crippen LogP contribution in [0.5, 0.6) is 0 Å². The number of rotatable bonds is 2. The van der Waals surface area contributed by atoms with Crippen LogP contribution in [0.25, 0.3) is 21.3 Å². The van der Waals surface area contributed by atoms with Crippen LogP contribution in [0.4, 0.5) is 5.82 Å². The van der Waals surface area contributed by atoms with Gasteiger partial charge >= 0.3 is 0 Å². The Bertz CT molecular complexity index is 745. The molecule has 0 amide bonds. The molecule has 1 saturated carbocycles. The van der Waals surface area contributed by atoms with Crippen LogP contribution in [0.3, 0.4) is 0 Å². The number of nitrogen functional groups attached to an aromatic ring is 1. The summed E-state index contributed by atoms with van der Waals surface area (Å²) in [5.74, 6) is 2.08. The van der Waals surface area contributed by atoms with Crippen molar-refractivity contribution in [1.29, 1.82) is 0 Å². The fraction of sp³-hybridized carbons (Fsp3) is 0.200. The van der Waals surface area contributed by atoms with E-state index in [4.69, 9.17) is 5.73 Å². The lowest BCUT2D eigenvalue weighted by Crippen LogP contribution is -1.98. The minimum absolute atomic E-state index is 0.536. The van der Waals surface area contributed by atoms with Gasteiger partial charge in [0.1, 0.15) is 16.5 Å². The van der Waals surface area contributed by atoms with Crippen molar-refractivity contribution in [2.75, 3.05) is 5.73 Å². The maximum absolute atomic E-state index is 6.16. The number of thiophene rings is 1.